The minimum Gasteiger partial charge on any atom is -0.378 e. The fourth-order valence-corrected chi connectivity index (χ4v) is 2.76. The van der Waals surface area contributed by atoms with E-state index in [4.69, 9.17) is 0 Å². The van der Waals surface area contributed by atoms with Crippen LogP contribution >= 0.6 is 0 Å². The Labute approximate surface area is 113 Å². The van der Waals surface area contributed by atoms with Crippen LogP contribution in [-0.4, -0.2) is 19.9 Å². The van der Waals surface area contributed by atoms with Crippen molar-refractivity contribution in [2.45, 2.75) is 12.3 Å². The van der Waals surface area contributed by atoms with Gasteiger partial charge in [-0.2, -0.15) is 0 Å². The van der Waals surface area contributed by atoms with Gasteiger partial charge in [0, 0.05) is 37.7 Å². The molecule has 1 aliphatic carbocycles. The molecule has 0 amide bonds. The average Bonchev–Trinajstić information content (AvgIpc) is 2.77. The van der Waals surface area contributed by atoms with E-state index in [0.29, 0.717) is 6.42 Å². The zero-order valence-corrected chi connectivity index (χ0v) is 11.3. The SMILES string of the molecule is CN(C)c1ccc([C@H]2CC(=O)c3ccccc32)cc1. The van der Waals surface area contributed by atoms with Gasteiger partial charge in [0.1, 0.15) is 0 Å². The van der Waals surface area contributed by atoms with E-state index in [-0.39, 0.29) is 11.7 Å². The Hall–Kier alpha value is -2.09. The van der Waals surface area contributed by atoms with Crippen LogP contribution in [0.25, 0.3) is 0 Å². The van der Waals surface area contributed by atoms with Crippen LogP contribution in [0.5, 0.6) is 0 Å². The number of fused-ring (bicyclic) bond motifs is 1. The quantitative estimate of drug-likeness (QED) is 0.814. The number of benzene rings is 2. The number of nitrogens with zero attached hydrogens (tertiary/aromatic N) is 1. The molecule has 0 fully saturated rings. The first-order chi connectivity index (χ1) is 9.16. The Balaban J connectivity index is 1.98. The third-order valence-corrected chi connectivity index (χ3v) is 3.84. The van der Waals surface area contributed by atoms with Crippen molar-refractivity contribution in [2.24, 2.45) is 0 Å². The van der Waals surface area contributed by atoms with Gasteiger partial charge in [0.05, 0.1) is 0 Å². The molecule has 2 aromatic rings. The Bertz CT molecular complexity index is 613. The third kappa shape index (κ3) is 2.03. The Morgan fingerprint density at radius 2 is 1.68 bits per heavy atom. The van der Waals surface area contributed by atoms with Gasteiger partial charge in [0.25, 0.3) is 0 Å². The molecule has 0 spiro atoms. The van der Waals surface area contributed by atoms with E-state index in [1.54, 1.807) is 0 Å². The first kappa shape index (κ1) is 12.0. The van der Waals surface area contributed by atoms with Crippen LogP contribution in [0.2, 0.25) is 0 Å². The lowest BCUT2D eigenvalue weighted by Crippen LogP contribution is -2.08. The number of anilines is 1. The van der Waals surface area contributed by atoms with Gasteiger partial charge >= 0.3 is 0 Å². The van der Waals surface area contributed by atoms with E-state index in [2.05, 4.69) is 35.2 Å². The highest BCUT2D eigenvalue weighted by Gasteiger charge is 2.29. The van der Waals surface area contributed by atoms with Crippen LogP contribution in [0, 0.1) is 0 Å². The zero-order valence-electron chi connectivity index (χ0n) is 11.3. The molecule has 2 aromatic carbocycles. The van der Waals surface area contributed by atoms with Gasteiger partial charge in [-0.15, -0.1) is 0 Å². The van der Waals surface area contributed by atoms with E-state index in [1.165, 1.54) is 16.8 Å². The minimum absolute atomic E-state index is 0.222. The molecule has 1 atom stereocenters. The molecular formula is C17H17NO. The highest BCUT2D eigenvalue weighted by atomic mass is 16.1. The van der Waals surface area contributed by atoms with Crippen LogP contribution < -0.4 is 4.90 Å². The summed E-state index contributed by atoms with van der Waals surface area (Å²) >= 11 is 0. The Morgan fingerprint density at radius 1 is 1.00 bits per heavy atom. The molecule has 0 aliphatic heterocycles. The lowest BCUT2D eigenvalue weighted by molar-refractivity contribution is 0.0991. The fourth-order valence-electron chi connectivity index (χ4n) is 2.76. The first-order valence-corrected chi connectivity index (χ1v) is 6.56. The minimum atomic E-state index is 0.222. The molecule has 0 heterocycles. The molecule has 0 aromatic heterocycles. The standard InChI is InChI=1S/C17H17NO/c1-18(2)13-9-7-12(8-10-13)16-11-17(19)15-6-4-3-5-14(15)16/h3-10,16H,11H2,1-2H3/t16-/m1/s1. The number of hydrogen-bond acceptors (Lipinski definition) is 2. The summed E-state index contributed by atoms with van der Waals surface area (Å²) in [5, 5.41) is 0. The lowest BCUT2D eigenvalue weighted by atomic mass is 9.93. The summed E-state index contributed by atoms with van der Waals surface area (Å²) in [6.07, 6.45) is 0.598. The van der Waals surface area contributed by atoms with Gasteiger partial charge in [-0.3, -0.25) is 4.79 Å². The predicted octanol–water partition coefficient (Wildman–Crippen LogP) is 3.47. The number of hydrogen-bond donors (Lipinski definition) is 0. The highest BCUT2D eigenvalue weighted by molar-refractivity contribution is 6.01. The van der Waals surface area contributed by atoms with Crippen molar-refractivity contribution >= 4 is 11.5 Å². The van der Waals surface area contributed by atoms with Crippen LogP contribution in [0.3, 0.4) is 0 Å². The second-order valence-electron chi connectivity index (χ2n) is 5.25. The third-order valence-electron chi connectivity index (χ3n) is 3.84. The molecule has 96 valence electrons. The van der Waals surface area contributed by atoms with Gasteiger partial charge in [0.2, 0.25) is 0 Å². The highest BCUT2D eigenvalue weighted by Crippen LogP contribution is 2.38. The van der Waals surface area contributed by atoms with Gasteiger partial charge in [-0.05, 0) is 23.3 Å². The Kier molecular flexibility index (Phi) is 2.86. The summed E-state index contributed by atoms with van der Waals surface area (Å²) in [5.41, 5.74) is 4.47. The molecule has 0 N–H and O–H groups in total. The Morgan fingerprint density at radius 3 is 2.37 bits per heavy atom. The summed E-state index contributed by atoms with van der Waals surface area (Å²) in [7, 11) is 4.06. The second kappa shape index (κ2) is 4.54. The maximum absolute atomic E-state index is 12.0. The summed E-state index contributed by atoms with van der Waals surface area (Å²) < 4.78 is 0. The molecular weight excluding hydrogens is 234 g/mol. The molecule has 1 aliphatic rings. The van der Waals surface area contributed by atoms with E-state index in [0.717, 1.165) is 5.56 Å². The van der Waals surface area contributed by atoms with Crippen molar-refractivity contribution in [2.75, 3.05) is 19.0 Å². The normalized spacial score (nSPS) is 17.4. The maximum Gasteiger partial charge on any atom is 0.164 e. The van der Waals surface area contributed by atoms with Crippen LogP contribution in [0.4, 0.5) is 5.69 Å². The van der Waals surface area contributed by atoms with Gasteiger partial charge in [0.15, 0.2) is 5.78 Å². The second-order valence-corrected chi connectivity index (χ2v) is 5.25. The van der Waals surface area contributed by atoms with Crippen molar-refractivity contribution in [3.8, 4) is 0 Å². The topological polar surface area (TPSA) is 20.3 Å². The van der Waals surface area contributed by atoms with Gasteiger partial charge in [-0.1, -0.05) is 36.4 Å². The summed E-state index contributed by atoms with van der Waals surface area (Å²) in [6.45, 7) is 0. The summed E-state index contributed by atoms with van der Waals surface area (Å²) in [5.74, 6) is 0.484. The lowest BCUT2D eigenvalue weighted by Gasteiger charge is -2.15. The maximum atomic E-state index is 12.0. The van der Waals surface area contributed by atoms with Crippen LogP contribution in [0.1, 0.15) is 33.8 Å². The zero-order chi connectivity index (χ0) is 13.4. The van der Waals surface area contributed by atoms with E-state index in [9.17, 15) is 4.79 Å². The molecule has 3 rings (SSSR count). The molecule has 0 saturated heterocycles. The number of Topliss-reactive ketones (excluding diaryl/α,β-unsaturated/α-hetero) is 1. The number of carbonyl (C=O) groups is 1. The number of carbonyl (C=O) groups excluding carboxylic acids is 1. The van der Waals surface area contributed by atoms with Crippen molar-refractivity contribution in [3.05, 3.63) is 65.2 Å². The average molecular weight is 251 g/mol. The predicted molar refractivity (Wildman–Crippen MR) is 78.0 cm³/mol. The number of ketones is 1. The molecule has 2 nitrogen and oxygen atoms in total. The molecule has 0 saturated carbocycles. The van der Waals surface area contributed by atoms with Gasteiger partial charge in [-0.25, -0.2) is 0 Å². The van der Waals surface area contributed by atoms with Crippen molar-refractivity contribution < 1.29 is 4.79 Å². The van der Waals surface area contributed by atoms with Gasteiger partial charge < -0.3 is 4.90 Å². The number of rotatable bonds is 2. The van der Waals surface area contributed by atoms with E-state index >= 15 is 0 Å². The molecule has 0 unspecified atom stereocenters. The first-order valence-electron chi connectivity index (χ1n) is 6.56. The molecule has 0 radical (unpaired) electrons. The van der Waals surface area contributed by atoms with Crippen LogP contribution in [-0.2, 0) is 0 Å². The van der Waals surface area contributed by atoms with Crippen LogP contribution in [0.15, 0.2) is 48.5 Å². The molecule has 19 heavy (non-hydrogen) atoms. The summed E-state index contributed by atoms with van der Waals surface area (Å²) in [6, 6.07) is 16.5. The largest absolute Gasteiger partial charge is 0.378 e. The fraction of sp³-hybridized carbons (Fsp3) is 0.235. The van der Waals surface area contributed by atoms with Crippen molar-refractivity contribution in [1.82, 2.24) is 0 Å². The molecule has 0 bridgehead atoms. The molecule has 2 heteroatoms. The van der Waals surface area contributed by atoms with Crippen molar-refractivity contribution in [3.63, 3.8) is 0 Å². The van der Waals surface area contributed by atoms with E-state index in [1.807, 2.05) is 32.3 Å². The monoisotopic (exact) mass is 251 g/mol. The van der Waals surface area contributed by atoms with Crippen molar-refractivity contribution in [1.29, 1.82) is 0 Å². The summed E-state index contributed by atoms with van der Waals surface area (Å²) in [4.78, 5) is 14.1. The van der Waals surface area contributed by atoms with E-state index < -0.39 is 0 Å². The smallest absolute Gasteiger partial charge is 0.164 e.